The van der Waals surface area contributed by atoms with Gasteiger partial charge in [0.2, 0.25) is 5.91 Å². The van der Waals surface area contributed by atoms with Gasteiger partial charge in [-0.3, -0.25) is 24.4 Å². The number of aromatic nitrogens is 2. The van der Waals surface area contributed by atoms with E-state index in [0.717, 1.165) is 0 Å². The quantitative estimate of drug-likeness (QED) is 0.517. The molecule has 1 N–H and O–H groups in total. The van der Waals surface area contributed by atoms with Gasteiger partial charge in [0.1, 0.15) is 17.9 Å². The van der Waals surface area contributed by atoms with E-state index < -0.39 is 10.8 Å². The van der Waals surface area contributed by atoms with Crippen LogP contribution < -0.4 is 5.32 Å². The standard InChI is InChI=1S/C15H16N4O4/c1-9-15(19(22)23)10(2)18(17-9)8-14(21)16-13-7-5-4-6-12(13)11(3)20/h4-7H,8H2,1-3H3,(H,16,21). The Balaban J connectivity index is 2.20. The number of aryl methyl sites for hydroxylation is 1. The van der Waals surface area contributed by atoms with Crippen LogP contribution in [0.4, 0.5) is 11.4 Å². The second-order valence-electron chi connectivity index (χ2n) is 5.08. The Morgan fingerprint density at radius 2 is 1.96 bits per heavy atom. The zero-order valence-corrected chi connectivity index (χ0v) is 13.0. The molecular formula is C15H16N4O4. The van der Waals surface area contributed by atoms with Crippen LogP contribution in [-0.4, -0.2) is 26.4 Å². The Labute approximate surface area is 132 Å². The van der Waals surface area contributed by atoms with Crippen molar-refractivity contribution >= 4 is 23.1 Å². The molecule has 2 aromatic rings. The summed E-state index contributed by atoms with van der Waals surface area (Å²) in [5, 5.41) is 17.6. The summed E-state index contributed by atoms with van der Waals surface area (Å²) in [7, 11) is 0. The van der Waals surface area contributed by atoms with Gasteiger partial charge >= 0.3 is 5.69 Å². The fourth-order valence-electron chi connectivity index (χ4n) is 2.33. The summed E-state index contributed by atoms with van der Waals surface area (Å²) in [5.74, 6) is -0.582. The highest BCUT2D eigenvalue weighted by molar-refractivity contribution is 6.03. The largest absolute Gasteiger partial charge is 0.324 e. The van der Waals surface area contributed by atoms with Gasteiger partial charge in [0.15, 0.2) is 5.78 Å². The average molecular weight is 316 g/mol. The maximum Gasteiger partial charge on any atom is 0.312 e. The third-order valence-electron chi connectivity index (χ3n) is 3.40. The Bertz CT molecular complexity index is 795. The number of Topliss-reactive ketones (excluding diaryl/α,β-unsaturated/α-hetero) is 1. The molecule has 0 unspecified atom stereocenters. The van der Waals surface area contributed by atoms with Gasteiger partial charge in [-0.15, -0.1) is 0 Å². The Morgan fingerprint density at radius 3 is 2.52 bits per heavy atom. The van der Waals surface area contributed by atoms with Crippen LogP contribution in [0.1, 0.15) is 28.7 Å². The molecule has 1 heterocycles. The van der Waals surface area contributed by atoms with Crippen molar-refractivity contribution in [2.24, 2.45) is 0 Å². The van der Waals surface area contributed by atoms with E-state index in [0.29, 0.717) is 16.9 Å². The predicted molar refractivity (Wildman–Crippen MR) is 83.4 cm³/mol. The van der Waals surface area contributed by atoms with Crippen LogP contribution >= 0.6 is 0 Å². The highest BCUT2D eigenvalue weighted by atomic mass is 16.6. The first-order valence-corrected chi connectivity index (χ1v) is 6.89. The van der Waals surface area contributed by atoms with E-state index in [-0.39, 0.29) is 23.7 Å². The van der Waals surface area contributed by atoms with Crippen LogP contribution in [0.2, 0.25) is 0 Å². The van der Waals surface area contributed by atoms with Crippen LogP contribution in [0, 0.1) is 24.0 Å². The average Bonchev–Trinajstić information content (AvgIpc) is 2.73. The third kappa shape index (κ3) is 3.42. The van der Waals surface area contributed by atoms with Crippen LogP contribution in [0.3, 0.4) is 0 Å². The molecule has 0 aliphatic carbocycles. The zero-order chi connectivity index (χ0) is 17.1. The van der Waals surface area contributed by atoms with Crippen LogP contribution in [0.15, 0.2) is 24.3 Å². The number of hydrogen-bond acceptors (Lipinski definition) is 5. The summed E-state index contributed by atoms with van der Waals surface area (Å²) in [6.07, 6.45) is 0. The number of para-hydroxylation sites is 1. The molecule has 1 aromatic carbocycles. The number of ketones is 1. The van der Waals surface area contributed by atoms with Gasteiger partial charge in [-0.1, -0.05) is 12.1 Å². The molecule has 0 saturated heterocycles. The molecule has 23 heavy (non-hydrogen) atoms. The van der Waals surface area contributed by atoms with Crippen molar-refractivity contribution in [1.29, 1.82) is 0 Å². The summed E-state index contributed by atoms with van der Waals surface area (Å²) < 4.78 is 1.28. The van der Waals surface area contributed by atoms with E-state index in [4.69, 9.17) is 0 Å². The number of anilines is 1. The van der Waals surface area contributed by atoms with Gasteiger partial charge in [-0.05, 0) is 32.9 Å². The second-order valence-corrected chi connectivity index (χ2v) is 5.08. The van der Waals surface area contributed by atoms with Crippen molar-refractivity contribution in [1.82, 2.24) is 9.78 Å². The smallest absolute Gasteiger partial charge is 0.312 e. The number of carbonyl (C=O) groups is 2. The van der Waals surface area contributed by atoms with Gasteiger partial charge in [0.05, 0.1) is 10.6 Å². The van der Waals surface area contributed by atoms with E-state index in [1.54, 1.807) is 24.3 Å². The molecule has 1 amide bonds. The first-order chi connectivity index (χ1) is 10.8. The molecule has 0 fully saturated rings. The lowest BCUT2D eigenvalue weighted by atomic mass is 10.1. The van der Waals surface area contributed by atoms with Crippen LogP contribution in [-0.2, 0) is 11.3 Å². The number of rotatable bonds is 5. The molecular weight excluding hydrogens is 300 g/mol. The molecule has 0 radical (unpaired) electrons. The molecule has 0 bridgehead atoms. The Kier molecular flexibility index (Phi) is 4.54. The van der Waals surface area contributed by atoms with Crippen molar-refractivity contribution < 1.29 is 14.5 Å². The number of benzene rings is 1. The van der Waals surface area contributed by atoms with Crippen molar-refractivity contribution in [3.63, 3.8) is 0 Å². The second kappa shape index (κ2) is 6.39. The summed E-state index contributed by atoms with van der Waals surface area (Å²) in [5.41, 5.74) is 1.27. The molecule has 0 atom stereocenters. The lowest BCUT2D eigenvalue weighted by Crippen LogP contribution is -2.21. The monoisotopic (exact) mass is 316 g/mol. The maximum absolute atomic E-state index is 12.1. The number of carbonyl (C=O) groups excluding carboxylic acids is 2. The summed E-state index contributed by atoms with van der Waals surface area (Å²) >= 11 is 0. The molecule has 8 heteroatoms. The van der Waals surface area contributed by atoms with Crippen LogP contribution in [0.5, 0.6) is 0 Å². The molecule has 120 valence electrons. The minimum absolute atomic E-state index is 0.0954. The van der Waals surface area contributed by atoms with E-state index in [1.807, 2.05) is 0 Å². The zero-order valence-electron chi connectivity index (χ0n) is 13.0. The molecule has 2 rings (SSSR count). The Hall–Kier alpha value is -3.03. The molecule has 0 aliphatic heterocycles. The molecule has 0 spiro atoms. The van der Waals surface area contributed by atoms with Crippen molar-refractivity contribution in [3.8, 4) is 0 Å². The predicted octanol–water partition coefficient (Wildman–Crippen LogP) is 2.25. The van der Waals surface area contributed by atoms with Gasteiger partial charge in [-0.2, -0.15) is 5.10 Å². The number of nitrogens with one attached hydrogen (secondary N) is 1. The fraction of sp³-hybridized carbons (Fsp3) is 0.267. The summed E-state index contributed by atoms with van der Waals surface area (Å²) in [6.45, 7) is 4.29. The van der Waals surface area contributed by atoms with E-state index in [1.165, 1.54) is 25.5 Å². The molecule has 0 aliphatic rings. The normalized spacial score (nSPS) is 10.4. The Morgan fingerprint density at radius 1 is 1.30 bits per heavy atom. The number of hydrogen-bond donors (Lipinski definition) is 1. The van der Waals surface area contributed by atoms with Gasteiger partial charge in [-0.25, -0.2) is 0 Å². The molecule has 8 nitrogen and oxygen atoms in total. The van der Waals surface area contributed by atoms with Crippen molar-refractivity contribution in [3.05, 3.63) is 51.3 Å². The van der Waals surface area contributed by atoms with E-state index >= 15 is 0 Å². The first kappa shape index (κ1) is 16.3. The van der Waals surface area contributed by atoms with Crippen LogP contribution in [0.25, 0.3) is 0 Å². The van der Waals surface area contributed by atoms with E-state index in [9.17, 15) is 19.7 Å². The third-order valence-corrected chi connectivity index (χ3v) is 3.40. The number of amides is 1. The van der Waals surface area contributed by atoms with Gasteiger partial charge in [0.25, 0.3) is 0 Å². The summed E-state index contributed by atoms with van der Waals surface area (Å²) in [4.78, 5) is 34.1. The summed E-state index contributed by atoms with van der Waals surface area (Å²) in [6, 6.07) is 6.65. The first-order valence-electron chi connectivity index (χ1n) is 6.89. The minimum Gasteiger partial charge on any atom is -0.324 e. The number of nitro groups is 1. The topological polar surface area (TPSA) is 107 Å². The SMILES string of the molecule is CC(=O)c1ccccc1NC(=O)Cn1nc(C)c([N+](=O)[O-])c1C. The lowest BCUT2D eigenvalue weighted by molar-refractivity contribution is -0.386. The highest BCUT2D eigenvalue weighted by Gasteiger charge is 2.23. The number of nitrogens with zero attached hydrogens (tertiary/aromatic N) is 3. The minimum atomic E-state index is -0.517. The van der Waals surface area contributed by atoms with Crippen molar-refractivity contribution in [2.75, 3.05) is 5.32 Å². The van der Waals surface area contributed by atoms with Crippen molar-refractivity contribution in [2.45, 2.75) is 27.3 Å². The molecule has 1 aromatic heterocycles. The highest BCUT2D eigenvalue weighted by Crippen LogP contribution is 2.22. The van der Waals surface area contributed by atoms with Gasteiger partial charge in [0, 0.05) is 5.56 Å². The fourth-order valence-corrected chi connectivity index (χ4v) is 2.33. The van der Waals surface area contributed by atoms with Gasteiger partial charge < -0.3 is 5.32 Å². The maximum atomic E-state index is 12.1. The van der Waals surface area contributed by atoms with E-state index in [2.05, 4.69) is 10.4 Å². The molecule has 0 saturated carbocycles. The lowest BCUT2D eigenvalue weighted by Gasteiger charge is -2.09.